The van der Waals surface area contributed by atoms with Crippen molar-refractivity contribution >= 4 is 39.1 Å². The summed E-state index contributed by atoms with van der Waals surface area (Å²) >= 11 is 0.658. The van der Waals surface area contributed by atoms with Gasteiger partial charge in [-0.25, -0.2) is 9.67 Å². The number of thiophene rings is 1. The first-order valence-electron chi connectivity index (χ1n) is 12.5. The number of nitrogens with two attached hydrogens (primary N) is 1. The quantitative estimate of drug-likeness (QED) is 0.240. The molecule has 0 radical (unpaired) electrons. The number of primary amides is 1. The molecular formula is C27H24F3N7O4S. The highest BCUT2D eigenvalue weighted by Gasteiger charge is 2.35. The van der Waals surface area contributed by atoms with Gasteiger partial charge in [0.25, 0.3) is 11.8 Å². The second-order valence-corrected chi connectivity index (χ2v) is 10.0. The van der Waals surface area contributed by atoms with Crippen LogP contribution in [0, 0.1) is 6.92 Å². The van der Waals surface area contributed by atoms with E-state index in [0.717, 1.165) is 6.07 Å². The van der Waals surface area contributed by atoms with Gasteiger partial charge in [-0.3, -0.25) is 14.3 Å². The van der Waals surface area contributed by atoms with Gasteiger partial charge in [0.15, 0.2) is 12.4 Å². The Morgan fingerprint density at radius 1 is 1.07 bits per heavy atom. The Kier molecular flexibility index (Phi) is 7.60. The number of anilines is 1. The van der Waals surface area contributed by atoms with Gasteiger partial charge in [-0.05, 0) is 55.8 Å². The van der Waals surface area contributed by atoms with Crippen molar-refractivity contribution in [2.45, 2.75) is 33.3 Å². The molecule has 0 saturated heterocycles. The van der Waals surface area contributed by atoms with Gasteiger partial charge in [0.2, 0.25) is 0 Å². The molecule has 0 saturated carbocycles. The maximum Gasteiger partial charge on any atom is 0.433 e. The predicted octanol–water partition coefficient (Wildman–Crippen LogP) is 5.10. The summed E-state index contributed by atoms with van der Waals surface area (Å²) < 4.78 is 55.2. The topological polar surface area (TPSA) is 139 Å². The molecule has 0 atom stereocenters. The molecule has 1 aromatic carbocycles. The number of amides is 2. The van der Waals surface area contributed by atoms with Crippen molar-refractivity contribution in [3.8, 4) is 22.6 Å². The minimum Gasteiger partial charge on any atom is -0.497 e. The van der Waals surface area contributed by atoms with Crippen molar-refractivity contribution in [3.63, 3.8) is 0 Å². The van der Waals surface area contributed by atoms with Crippen molar-refractivity contribution in [3.05, 3.63) is 70.8 Å². The fourth-order valence-corrected chi connectivity index (χ4v) is 5.25. The van der Waals surface area contributed by atoms with Gasteiger partial charge in [-0.2, -0.15) is 23.4 Å². The monoisotopic (exact) mass is 599 g/mol. The van der Waals surface area contributed by atoms with Crippen LogP contribution in [0.25, 0.3) is 21.3 Å². The third kappa shape index (κ3) is 5.63. The maximum atomic E-state index is 13.8. The van der Waals surface area contributed by atoms with E-state index in [4.69, 9.17) is 15.2 Å². The zero-order chi connectivity index (χ0) is 30.2. The summed E-state index contributed by atoms with van der Waals surface area (Å²) in [5.41, 5.74) is 5.29. The van der Waals surface area contributed by atoms with Crippen LogP contribution in [0.2, 0.25) is 0 Å². The third-order valence-corrected chi connectivity index (χ3v) is 7.37. The van der Waals surface area contributed by atoms with E-state index in [9.17, 15) is 22.8 Å². The summed E-state index contributed by atoms with van der Waals surface area (Å²) in [6.07, 6.45) is -1.65. The largest absolute Gasteiger partial charge is 0.497 e. The molecular weight excluding hydrogens is 575 g/mol. The number of hydrogen-bond acceptors (Lipinski definition) is 8. The Bertz CT molecular complexity index is 1790. The highest BCUT2D eigenvalue weighted by atomic mass is 32.1. The van der Waals surface area contributed by atoms with Crippen LogP contribution >= 0.6 is 11.3 Å². The lowest BCUT2D eigenvalue weighted by Gasteiger charge is -2.11. The molecule has 4 heterocycles. The van der Waals surface area contributed by atoms with E-state index >= 15 is 0 Å². The molecule has 2 amide bonds. The molecule has 0 aliphatic carbocycles. The Balaban J connectivity index is 1.51. The number of carbonyl (C=O) groups excluding carboxylic acids is 2. The molecule has 3 N–H and O–H groups in total. The van der Waals surface area contributed by atoms with E-state index in [1.54, 1.807) is 49.2 Å². The molecule has 0 aliphatic rings. The fourth-order valence-electron chi connectivity index (χ4n) is 4.24. The SMILES string of the molecule is CCn1cc(-c2cc(C(F)(F)F)nc3sc(C(N)=O)c(NC(=O)c4ccn(COc5ccc(OC)cc5)n4)c23)c(C)n1. The zero-order valence-corrected chi connectivity index (χ0v) is 23.3. The Morgan fingerprint density at radius 3 is 2.40 bits per heavy atom. The molecule has 0 spiro atoms. The first-order chi connectivity index (χ1) is 20.0. The molecule has 5 rings (SSSR count). The molecule has 0 unspecified atom stereocenters. The number of pyridine rings is 1. The van der Waals surface area contributed by atoms with E-state index in [-0.39, 0.29) is 38.8 Å². The number of nitrogens with one attached hydrogen (secondary N) is 1. The summed E-state index contributed by atoms with van der Waals surface area (Å²) in [5.74, 6) is -0.438. The average molecular weight is 600 g/mol. The van der Waals surface area contributed by atoms with Crippen molar-refractivity contribution in [2.24, 2.45) is 5.73 Å². The van der Waals surface area contributed by atoms with Gasteiger partial charge in [0.1, 0.15) is 26.9 Å². The van der Waals surface area contributed by atoms with E-state index in [2.05, 4.69) is 20.5 Å². The van der Waals surface area contributed by atoms with Crippen molar-refractivity contribution in [1.29, 1.82) is 0 Å². The van der Waals surface area contributed by atoms with Crippen LogP contribution in [0.1, 0.15) is 38.5 Å². The summed E-state index contributed by atoms with van der Waals surface area (Å²) in [6.45, 7) is 3.96. The molecule has 0 fully saturated rings. The van der Waals surface area contributed by atoms with E-state index in [1.165, 1.54) is 16.9 Å². The minimum absolute atomic E-state index is 0.0114. The normalized spacial score (nSPS) is 11.6. The van der Waals surface area contributed by atoms with Crippen LogP contribution in [0.3, 0.4) is 0 Å². The number of benzene rings is 1. The molecule has 0 aliphatic heterocycles. The number of aryl methyl sites for hydroxylation is 2. The Hall–Kier alpha value is -4.92. The third-order valence-electron chi connectivity index (χ3n) is 6.27. The van der Waals surface area contributed by atoms with E-state index < -0.39 is 23.7 Å². The van der Waals surface area contributed by atoms with Crippen LogP contribution in [0.5, 0.6) is 11.5 Å². The molecule has 11 nitrogen and oxygen atoms in total. The van der Waals surface area contributed by atoms with Crippen LogP contribution in [0.4, 0.5) is 18.9 Å². The van der Waals surface area contributed by atoms with Crippen LogP contribution in [0.15, 0.2) is 48.8 Å². The number of hydrogen-bond donors (Lipinski definition) is 2. The van der Waals surface area contributed by atoms with E-state index in [1.807, 2.05) is 6.92 Å². The summed E-state index contributed by atoms with van der Waals surface area (Å²) in [4.78, 5) is 29.2. The van der Waals surface area contributed by atoms with Gasteiger partial charge >= 0.3 is 6.18 Å². The smallest absolute Gasteiger partial charge is 0.433 e. The van der Waals surface area contributed by atoms with Gasteiger partial charge < -0.3 is 20.5 Å². The molecule has 0 bridgehead atoms. The van der Waals surface area contributed by atoms with Gasteiger partial charge in [-0.15, -0.1) is 11.3 Å². The molecule has 218 valence electrons. The fraction of sp³-hybridized carbons (Fsp3) is 0.222. The minimum atomic E-state index is -4.77. The van der Waals surface area contributed by atoms with Crippen LogP contribution < -0.4 is 20.5 Å². The lowest BCUT2D eigenvalue weighted by atomic mass is 10.0. The van der Waals surface area contributed by atoms with Crippen LogP contribution in [-0.2, 0) is 19.5 Å². The Morgan fingerprint density at radius 2 is 1.79 bits per heavy atom. The predicted molar refractivity (Wildman–Crippen MR) is 149 cm³/mol. The number of carbonyl (C=O) groups is 2. The summed E-state index contributed by atoms with van der Waals surface area (Å²) in [7, 11) is 1.55. The molecule has 5 aromatic rings. The second kappa shape index (κ2) is 11.2. The van der Waals surface area contributed by atoms with Gasteiger partial charge in [0, 0.05) is 29.9 Å². The summed E-state index contributed by atoms with van der Waals surface area (Å²) in [6, 6.07) is 9.20. The number of methoxy groups -OCH3 is 1. The molecule has 15 heteroatoms. The van der Waals surface area contributed by atoms with Crippen molar-refractivity contribution in [1.82, 2.24) is 24.5 Å². The molecule has 4 aromatic heterocycles. The van der Waals surface area contributed by atoms with Crippen LogP contribution in [-0.4, -0.2) is 43.5 Å². The number of halogens is 3. The number of rotatable bonds is 9. The van der Waals surface area contributed by atoms with Gasteiger partial charge in [0.05, 0.1) is 18.5 Å². The second-order valence-electron chi connectivity index (χ2n) is 9.03. The molecule has 42 heavy (non-hydrogen) atoms. The van der Waals surface area contributed by atoms with Gasteiger partial charge in [-0.1, -0.05) is 0 Å². The maximum absolute atomic E-state index is 13.8. The first-order valence-corrected chi connectivity index (χ1v) is 13.3. The lowest BCUT2D eigenvalue weighted by molar-refractivity contribution is -0.140. The van der Waals surface area contributed by atoms with Crippen molar-refractivity contribution in [2.75, 3.05) is 12.4 Å². The number of fused-ring (bicyclic) bond motifs is 1. The number of nitrogens with zero attached hydrogens (tertiary/aromatic N) is 5. The first kappa shape index (κ1) is 28.6. The standard InChI is InChI=1S/C27H24F3N7O4S/c1-4-36-12-18(14(2)34-36)17-11-20(27(28,29)30)32-26-21(17)22(23(42-26)24(31)38)33-25(39)19-9-10-37(35-19)13-41-16-7-5-15(40-3)6-8-16/h5-12H,4,13H2,1-3H3,(H2,31,38)(H,33,39). The highest BCUT2D eigenvalue weighted by Crippen LogP contribution is 2.44. The number of ether oxygens (including phenoxy) is 2. The number of alkyl halides is 3. The highest BCUT2D eigenvalue weighted by molar-refractivity contribution is 7.21. The van der Waals surface area contributed by atoms with E-state index in [0.29, 0.717) is 40.6 Å². The van der Waals surface area contributed by atoms with Crippen molar-refractivity contribution < 1.29 is 32.2 Å². The number of aromatic nitrogens is 5. The summed E-state index contributed by atoms with van der Waals surface area (Å²) in [5, 5.41) is 11.3. The average Bonchev–Trinajstić information content (AvgIpc) is 3.68. The Labute approximate surface area is 240 Å². The zero-order valence-electron chi connectivity index (χ0n) is 22.5. The lowest BCUT2D eigenvalue weighted by Crippen LogP contribution is -2.18.